The molecule has 2 aliphatic rings. The second-order valence-corrected chi connectivity index (χ2v) is 7.85. The van der Waals surface area contributed by atoms with E-state index in [0.29, 0.717) is 43.4 Å². The summed E-state index contributed by atoms with van der Waals surface area (Å²) in [6.07, 6.45) is 4.63. The predicted octanol–water partition coefficient (Wildman–Crippen LogP) is 5.21. The molecule has 1 aromatic heterocycles. The second-order valence-electron chi connectivity index (χ2n) is 7.85. The first kappa shape index (κ1) is 19.4. The van der Waals surface area contributed by atoms with Crippen LogP contribution in [0.5, 0.6) is 11.6 Å². The molecule has 0 bridgehead atoms. The van der Waals surface area contributed by atoms with Crippen molar-refractivity contribution in [1.29, 1.82) is 0 Å². The fraction of sp³-hybridized carbons (Fsp3) is 0.192. The highest BCUT2D eigenvalue weighted by atomic mass is 16.5. The van der Waals surface area contributed by atoms with Gasteiger partial charge in [0.1, 0.15) is 5.75 Å². The van der Waals surface area contributed by atoms with Crippen molar-refractivity contribution in [2.24, 2.45) is 4.99 Å². The quantitative estimate of drug-likeness (QED) is 0.560. The number of ether oxygens (including phenoxy) is 2. The van der Waals surface area contributed by atoms with E-state index in [1.54, 1.807) is 6.20 Å². The number of aromatic nitrogens is 1. The molecule has 0 unspecified atom stereocenters. The van der Waals surface area contributed by atoms with Gasteiger partial charge in [-0.15, -0.1) is 0 Å². The van der Waals surface area contributed by atoms with Gasteiger partial charge in [0.15, 0.2) is 5.78 Å². The normalized spacial score (nSPS) is 14.7. The minimum Gasteiger partial charge on any atom is -0.439 e. The Kier molecular flexibility index (Phi) is 5.18. The van der Waals surface area contributed by atoms with E-state index >= 15 is 0 Å². The third-order valence-electron chi connectivity index (χ3n) is 5.46. The molecule has 0 fully saturated rings. The number of hydrogen-bond donors (Lipinski definition) is 0. The summed E-state index contributed by atoms with van der Waals surface area (Å²) in [5.41, 5.74) is 6.79. The highest BCUT2D eigenvalue weighted by molar-refractivity contribution is 6.42. The minimum absolute atomic E-state index is 0.0569. The summed E-state index contributed by atoms with van der Waals surface area (Å²) >= 11 is 0. The zero-order valence-corrected chi connectivity index (χ0v) is 17.3. The molecule has 2 aromatic carbocycles. The minimum atomic E-state index is 0.0569. The van der Waals surface area contributed by atoms with E-state index in [2.05, 4.69) is 22.1 Å². The third-order valence-corrected chi connectivity index (χ3v) is 5.46. The number of allylic oxidation sites excluding steroid dienone is 1. The number of aryl methyl sites for hydroxylation is 1. The maximum atomic E-state index is 12.8. The largest absolute Gasteiger partial charge is 0.439 e. The molecule has 154 valence electrons. The Bertz CT molecular complexity index is 1230. The maximum Gasteiger partial charge on any atom is 0.219 e. The topological polar surface area (TPSA) is 60.8 Å². The molecule has 2 aliphatic heterocycles. The molecule has 0 atom stereocenters. The SMILES string of the molecule is Cc1ccnc(Oc2cccc(C3=CCC(C(=O)Cc4ccc5c(c4)COC5)=N3)c2)c1. The van der Waals surface area contributed by atoms with E-state index in [0.717, 1.165) is 22.4 Å². The van der Waals surface area contributed by atoms with Gasteiger partial charge in [-0.2, -0.15) is 0 Å². The van der Waals surface area contributed by atoms with Gasteiger partial charge in [-0.1, -0.05) is 36.4 Å². The zero-order chi connectivity index (χ0) is 21.2. The van der Waals surface area contributed by atoms with Crippen LogP contribution in [0.25, 0.3) is 5.70 Å². The van der Waals surface area contributed by atoms with Crippen LogP contribution in [0.3, 0.4) is 0 Å². The fourth-order valence-corrected chi connectivity index (χ4v) is 3.82. The Morgan fingerprint density at radius 2 is 1.97 bits per heavy atom. The lowest BCUT2D eigenvalue weighted by Gasteiger charge is -2.07. The van der Waals surface area contributed by atoms with Crippen LogP contribution in [0.1, 0.15) is 34.2 Å². The number of aliphatic imine (C=N–C) groups is 1. The summed E-state index contributed by atoms with van der Waals surface area (Å²) in [4.78, 5) is 21.7. The summed E-state index contributed by atoms with van der Waals surface area (Å²) in [6, 6.07) is 17.7. The van der Waals surface area contributed by atoms with E-state index in [9.17, 15) is 4.79 Å². The molecule has 5 heteroatoms. The molecule has 3 aromatic rings. The van der Waals surface area contributed by atoms with Gasteiger partial charge in [-0.25, -0.2) is 9.98 Å². The molecule has 0 saturated heterocycles. The van der Waals surface area contributed by atoms with Crippen LogP contribution in [0.4, 0.5) is 0 Å². The molecule has 3 heterocycles. The van der Waals surface area contributed by atoms with Crippen LogP contribution in [0.15, 0.2) is 71.9 Å². The molecular formula is C26H22N2O3. The number of pyridine rings is 1. The molecule has 0 amide bonds. The number of fused-ring (bicyclic) bond motifs is 1. The first-order valence-electron chi connectivity index (χ1n) is 10.3. The molecule has 0 N–H and O–H groups in total. The number of carbonyl (C=O) groups is 1. The molecular weight excluding hydrogens is 388 g/mol. The van der Waals surface area contributed by atoms with Crippen molar-refractivity contribution in [3.05, 3.63) is 94.7 Å². The lowest BCUT2D eigenvalue weighted by Crippen LogP contribution is -2.14. The molecule has 0 aliphatic carbocycles. The van der Waals surface area contributed by atoms with Crippen molar-refractivity contribution in [3.63, 3.8) is 0 Å². The molecule has 5 nitrogen and oxygen atoms in total. The highest BCUT2D eigenvalue weighted by Crippen LogP contribution is 2.28. The Labute approximate surface area is 181 Å². The summed E-state index contributed by atoms with van der Waals surface area (Å²) < 4.78 is 11.3. The van der Waals surface area contributed by atoms with Crippen LogP contribution in [0, 0.1) is 6.92 Å². The van der Waals surface area contributed by atoms with Gasteiger partial charge in [0, 0.05) is 30.7 Å². The van der Waals surface area contributed by atoms with Crippen LogP contribution >= 0.6 is 0 Å². The van der Waals surface area contributed by atoms with E-state index in [4.69, 9.17) is 9.47 Å². The fourth-order valence-electron chi connectivity index (χ4n) is 3.82. The van der Waals surface area contributed by atoms with Crippen molar-refractivity contribution in [3.8, 4) is 11.6 Å². The molecule has 31 heavy (non-hydrogen) atoms. The number of carbonyl (C=O) groups excluding carboxylic acids is 1. The van der Waals surface area contributed by atoms with Crippen LogP contribution in [-0.4, -0.2) is 16.5 Å². The number of ketones is 1. The van der Waals surface area contributed by atoms with Crippen LogP contribution in [-0.2, 0) is 29.2 Å². The Hall–Kier alpha value is -3.57. The van der Waals surface area contributed by atoms with Gasteiger partial charge in [-0.05, 0) is 47.4 Å². The number of hydrogen-bond acceptors (Lipinski definition) is 5. The monoisotopic (exact) mass is 410 g/mol. The number of benzene rings is 2. The van der Waals surface area contributed by atoms with Gasteiger partial charge < -0.3 is 9.47 Å². The number of nitrogens with zero attached hydrogens (tertiary/aromatic N) is 2. The Morgan fingerprint density at radius 3 is 2.87 bits per heavy atom. The number of Topliss-reactive ketones (excluding diaryl/α,β-unsaturated/α-hetero) is 1. The third kappa shape index (κ3) is 4.32. The van der Waals surface area contributed by atoms with Crippen LogP contribution in [0.2, 0.25) is 0 Å². The van der Waals surface area contributed by atoms with E-state index in [1.165, 1.54) is 11.1 Å². The standard InChI is InChI=1S/C26H22N2O3/c1-17-9-10-27-26(11-17)31-22-4-2-3-19(14-22)23-7-8-24(28-23)25(29)13-18-5-6-20-15-30-16-21(20)12-18/h2-7,9-12,14H,8,13,15-16H2,1H3. The van der Waals surface area contributed by atoms with E-state index in [1.807, 2.05) is 55.5 Å². The van der Waals surface area contributed by atoms with Crippen LogP contribution < -0.4 is 4.74 Å². The van der Waals surface area contributed by atoms with Gasteiger partial charge in [0.2, 0.25) is 5.88 Å². The summed E-state index contributed by atoms with van der Waals surface area (Å²) in [6.45, 7) is 3.28. The summed E-state index contributed by atoms with van der Waals surface area (Å²) in [5.74, 6) is 1.30. The summed E-state index contributed by atoms with van der Waals surface area (Å²) in [7, 11) is 0. The smallest absolute Gasteiger partial charge is 0.219 e. The van der Waals surface area contributed by atoms with Gasteiger partial charge in [0.25, 0.3) is 0 Å². The zero-order valence-electron chi connectivity index (χ0n) is 17.3. The Balaban J connectivity index is 1.28. The summed E-state index contributed by atoms with van der Waals surface area (Å²) in [5, 5.41) is 0. The molecule has 0 spiro atoms. The molecule has 0 saturated carbocycles. The average Bonchev–Trinajstić information content (AvgIpc) is 3.43. The van der Waals surface area contributed by atoms with Gasteiger partial charge in [-0.3, -0.25) is 4.79 Å². The van der Waals surface area contributed by atoms with Crippen molar-refractivity contribution in [1.82, 2.24) is 4.98 Å². The first-order valence-corrected chi connectivity index (χ1v) is 10.3. The van der Waals surface area contributed by atoms with Crippen molar-refractivity contribution < 1.29 is 14.3 Å². The number of rotatable bonds is 6. The average molecular weight is 410 g/mol. The van der Waals surface area contributed by atoms with E-state index < -0.39 is 0 Å². The first-order chi connectivity index (χ1) is 15.1. The lowest BCUT2D eigenvalue weighted by molar-refractivity contribution is -0.112. The van der Waals surface area contributed by atoms with E-state index in [-0.39, 0.29) is 5.78 Å². The van der Waals surface area contributed by atoms with Gasteiger partial charge in [0.05, 0.1) is 24.6 Å². The molecule has 5 rings (SSSR count). The lowest BCUT2D eigenvalue weighted by atomic mass is 10.0. The second kappa shape index (κ2) is 8.28. The molecule has 0 radical (unpaired) electrons. The maximum absolute atomic E-state index is 12.8. The van der Waals surface area contributed by atoms with Crippen molar-refractivity contribution in [2.45, 2.75) is 33.0 Å². The Morgan fingerprint density at radius 1 is 1.06 bits per heavy atom. The van der Waals surface area contributed by atoms with Gasteiger partial charge >= 0.3 is 0 Å². The van der Waals surface area contributed by atoms with Crippen molar-refractivity contribution in [2.75, 3.05) is 0 Å². The van der Waals surface area contributed by atoms with Crippen molar-refractivity contribution >= 4 is 17.2 Å². The predicted molar refractivity (Wildman–Crippen MR) is 119 cm³/mol. The highest BCUT2D eigenvalue weighted by Gasteiger charge is 2.19.